The fraction of sp³-hybridized carbons (Fsp3) is 0.441. The lowest BCUT2D eigenvalue weighted by Gasteiger charge is -2.28. The van der Waals surface area contributed by atoms with E-state index in [1.54, 1.807) is 18.2 Å². The molecule has 0 bridgehead atoms. The molecule has 47 heavy (non-hydrogen) atoms. The Morgan fingerprint density at radius 3 is 2.49 bits per heavy atom. The lowest BCUT2D eigenvalue weighted by atomic mass is 9.93. The summed E-state index contributed by atoms with van der Waals surface area (Å²) in [4.78, 5) is 64.6. The summed E-state index contributed by atoms with van der Waals surface area (Å²) in [5, 5.41) is 15.2. The van der Waals surface area contributed by atoms with Crippen molar-refractivity contribution in [2.45, 2.75) is 70.5 Å². The van der Waals surface area contributed by atoms with Gasteiger partial charge in [-0.15, -0.1) is 0 Å². The first-order valence-electron chi connectivity index (χ1n) is 15.2. The van der Waals surface area contributed by atoms with Crippen molar-refractivity contribution >= 4 is 41.3 Å². The zero-order valence-electron chi connectivity index (χ0n) is 26.6. The third-order valence-corrected chi connectivity index (χ3v) is 8.38. The van der Waals surface area contributed by atoms with Gasteiger partial charge in [-0.25, -0.2) is 4.79 Å². The molecule has 2 aliphatic heterocycles. The van der Waals surface area contributed by atoms with Crippen LogP contribution in [-0.2, 0) is 44.6 Å². The summed E-state index contributed by atoms with van der Waals surface area (Å²) < 4.78 is 22.3. The zero-order valence-corrected chi connectivity index (χ0v) is 27.3. The monoisotopic (exact) mass is 670 g/mol. The van der Waals surface area contributed by atoms with Crippen LogP contribution in [0.4, 0.5) is 0 Å². The number of epoxide rings is 1. The molecule has 13 heteroatoms. The Morgan fingerprint density at radius 2 is 1.83 bits per heavy atom. The Bertz CT molecular complexity index is 1510. The molecule has 12 nitrogen and oxygen atoms in total. The van der Waals surface area contributed by atoms with E-state index in [-0.39, 0.29) is 31.6 Å². The topological polar surface area (TPSA) is 170 Å². The number of aliphatic carboxylic acids is 1. The van der Waals surface area contributed by atoms with Crippen molar-refractivity contribution in [1.82, 2.24) is 10.6 Å². The highest BCUT2D eigenvalue weighted by Gasteiger charge is 2.48. The molecule has 252 valence electrons. The molecule has 0 spiro atoms. The fourth-order valence-electron chi connectivity index (χ4n) is 5.18. The number of carboxylic acids is 1. The highest BCUT2D eigenvalue weighted by Crippen LogP contribution is 2.45. The summed E-state index contributed by atoms with van der Waals surface area (Å²) in [5.74, 6) is -4.46. The van der Waals surface area contributed by atoms with Gasteiger partial charge in [0.1, 0.15) is 24.0 Å². The van der Waals surface area contributed by atoms with Crippen LogP contribution in [0, 0.1) is 11.3 Å². The number of nitrogens with one attached hydrogen (secondary N) is 2. The van der Waals surface area contributed by atoms with Gasteiger partial charge in [-0.1, -0.05) is 61.0 Å². The van der Waals surface area contributed by atoms with Gasteiger partial charge in [-0.05, 0) is 43.2 Å². The number of methoxy groups -OCH3 is 1. The van der Waals surface area contributed by atoms with E-state index in [0.29, 0.717) is 16.3 Å². The molecular formula is C34H39ClN2O10. The predicted molar refractivity (Wildman–Crippen MR) is 169 cm³/mol. The number of rotatable bonds is 8. The van der Waals surface area contributed by atoms with E-state index in [4.69, 9.17) is 30.5 Å². The van der Waals surface area contributed by atoms with Crippen LogP contribution in [0.15, 0.2) is 60.7 Å². The van der Waals surface area contributed by atoms with Crippen LogP contribution >= 0.6 is 11.6 Å². The van der Waals surface area contributed by atoms with Crippen LogP contribution in [0.2, 0.25) is 5.02 Å². The Morgan fingerprint density at radius 1 is 1.11 bits per heavy atom. The average Bonchev–Trinajstić information content (AvgIpc) is 3.83. The summed E-state index contributed by atoms with van der Waals surface area (Å²) in [6, 6.07) is 13.4. The Kier molecular flexibility index (Phi) is 11.6. The first-order chi connectivity index (χ1) is 22.3. The minimum Gasteiger partial charge on any atom is -0.495 e. The van der Waals surface area contributed by atoms with Gasteiger partial charge in [0.25, 0.3) is 0 Å². The number of ether oxygens (including phenoxy) is 4. The summed E-state index contributed by atoms with van der Waals surface area (Å²) in [6.07, 6.45) is -1.17. The number of carbonyl (C=O) groups excluding carboxylic acids is 4. The summed E-state index contributed by atoms with van der Waals surface area (Å²) in [5.41, 5.74) is 0.197. The molecule has 0 aliphatic carbocycles. The van der Waals surface area contributed by atoms with Gasteiger partial charge in [0.05, 0.1) is 30.1 Å². The van der Waals surface area contributed by atoms with Crippen molar-refractivity contribution < 1.29 is 48.0 Å². The number of benzene rings is 2. The fourth-order valence-corrected chi connectivity index (χ4v) is 5.46. The third-order valence-electron chi connectivity index (χ3n) is 8.08. The van der Waals surface area contributed by atoms with Crippen LogP contribution < -0.4 is 15.4 Å². The van der Waals surface area contributed by atoms with E-state index >= 15 is 0 Å². The molecule has 3 N–H and O–H groups in total. The van der Waals surface area contributed by atoms with Crippen molar-refractivity contribution in [2.75, 3.05) is 13.7 Å². The Balaban J connectivity index is 1.61. The second-order valence-electron chi connectivity index (χ2n) is 12.2. The number of hydrogen-bond acceptors (Lipinski definition) is 9. The number of carbonyl (C=O) groups is 5. The first kappa shape index (κ1) is 35.4. The molecule has 4 rings (SSSR count). The van der Waals surface area contributed by atoms with Gasteiger partial charge in [-0.2, -0.15) is 0 Å². The van der Waals surface area contributed by atoms with Crippen LogP contribution in [0.25, 0.3) is 0 Å². The molecule has 2 heterocycles. The van der Waals surface area contributed by atoms with Gasteiger partial charge in [0.15, 0.2) is 0 Å². The lowest BCUT2D eigenvalue weighted by Crippen LogP contribution is -2.51. The number of amides is 2. The van der Waals surface area contributed by atoms with Crippen LogP contribution in [0.3, 0.4) is 0 Å². The molecule has 1 unspecified atom stereocenters. The van der Waals surface area contributed by atoms with Crippen molar-refractivity contribution in [3.63, 3.8) is 0 Å². The molecule has 0 aromatic heterocycles. The highest BCUT2D eigenvalue weighted by atomic mass is 35.5. The molecule has 2 amide bonds. The quantitative estimate of drug-likeness (QED) is 0.279. The van der Waals surface area contributed by atoms with Crippen LogP contribution in [-0.4, -0.2) is 72.8 Å². The molecule has 2 aliphatic rings. The Hall–Kier alpha value is -4.42. The first-order valence-corrected chi connectivity index (χ1v) is 15.6. The van der Waals surface area contributed by atoms with E-state index in [2.05, 4.69) is 10.6 Å². The summed E-state index contributed by atoms with van der Waals surface area (Å²) >= 11 is 6.28. The van der Waals surface area contributed by atoms with Crippen LogP contribution in [0.1, 0.15) is 50.8 Å². The van der Waals surface area contributed by atoms with Crippen molar-refractivity contribution in [3.8, 4) is 5.75 Å². The van der Waals surface area contributed by atoms with Gasteiger partial charge >= 0.3 is 17.9 Å². The van der Waals surface area contributed by atoms with Gasteiger partial charge in [0.2, 0.25) is 17.9 Å². The average molecular weight is 671 g/mol. The molecule has 1 saturated heterocycles. The normalized spacial score (nSPS) is 26.5. The minimum atomic E-state index is -1.75. The van der Waals surface area contributed by atoms with Crippen molar-refractivity contribution in [2.24, 2.45) is 11.3 Å². The molecule has 0 saturated carbocycles. The maximum atomic E-state index is 13.4. The van der Waals surface area contributed by atoms with E-state index in [1.807, 2.05) is 37.3 Å². The summed E-state index contributed by atoms with van der Waals surface area (Å²) in [7, 11) is 1.48. The standard InChI is InChI=1S/C34H39ClN2O10/c1-19(29-30(47-29)21-9-6-5-7-10-21)24-11-8-12-27(38)37-23(16-20-13-14-25(44-4)22(35)15-20)31(41)36-18-34(2,3)33(43)46-26(17-28(39)40)32(42)45-24/h5-10,12-15,19,23-24,26,29-30H,11,16-18H2,1-4H3,(H,36,41)(H,37,38)(H,39,40)/b12-8+/t19-,23?,24-,26-,29+,30+/m0/s1. The number of carboxylic acid groups (broad SMARTS) is 1. The molecule has 6 atom stereocenters. The maximum absolute atomic E-state index is 13.4. The van der Waals surface area contributed by atoms with E-state index in [1.165, 1.54) is 33.1 Å². The van der Waals surface area contributed by atoms with Gasteiger partial charge < -0.3 is 34.7 Å². The molecule has 2 aromatic carbocycles. The van der Waals surface area contributed by atoms with E-state index in [9.17, 15) is 29.1 Å². The van der Waals surface area contributed by atoms with Crippen molar-refractivity contribution in [1.29, 1.82) is 0 Å². The molecule has 0 radical (unpaired) electrons. The number of hydrogen-bond donors (Lipinski definition) is 3. The summed E-state index contributed by atoms with van der Waals surface area (Å²) in [6.45, 7) is 4.52. The lowest BCUT2D eigenvalue weighted by molar-refractivity contribution is -0.180. The number of cyclic esters (lactones) is 2. The highest BCUT2D eigenvalue weighted by molar-refractivity contribution is 6.32. The largest absolute Gasteiger partial charge is 0.495 e. The van der Waals surface area contributed by atoms with E-state index < -0.39 is 65.7 Å². The Labute approximate surface area is 277 Å². The molecule has 2 aromatic rings. The third kappa shape index (κ3) is 9.55. The zero-order chi connectivity index (χ0) is 34.3. The van der Waals surface area contributed by atoms with Gasteiger partial charge in [0, 0.05) is 25.3 Å². The number of esters is 2. The van der Waals surface area contributed by atoms with Gasteiger partial charge in [-0.3, -0.25) is 19.2 Å². The number of halogens is 1. The molecular weight excluding hydrogens is 632 g/mol. The second-order valence-corrected chi connectivity index (χ2v) is 12.6. The molecule has 1 fully saturated rings. The second kappa shape index (κ2) is 15.4. The maximum Gasteiger partial charge on any atom is 0.348 e. The van der Waals surface area contributed by atoms with Crippen LogP contribution in [0.5, 0.6) is 5.75 Å². The SMILES string of the molecule is COc1ccc(CC2NC(=O)/C=C/C[C@@H]([C@H](C)[C@H]3O[C@@H]3c3ccccc3)OC(=O)[C@H](CC(=O)O)OC(=O)C(C)(C)CNC2=O)cc1Cl. The van der Waals surface area contributed by atoms with Crippen molar-refractivity contribution in [3.05, 3.63) is 76.8 Å². The van der Waals surface area contributed by atoms with E-state index in [0.717, 1.165) is 5.56 Å². The predicted octanol–water partition coefficient (Wildman–Crippen LogP) is 3.55. The minimum absolute atomic E-state index is 0.0475. The smallest absolute Gasteiger partial charge is 0.348 e.